The van der Waals surface area contributed by atoms with Crippen molar-refractivity contribution in [1.82, 2.24) is 9.97 Å². The summed E-state index contributed by atoms with van der Waals surface area (Å²) in [6, 6.07) is 8.82. The van der Waals surface area contributed by atoms with E-state index in [-0.39, 0.29) is 28.6 Å². The van der Waals surface area contributed by atoms with Gasteiger partial charge in [-0.15, -0.1) is 0 Å². The Kier molecular flexibility index (Phi) is 4.68. The van der Waals surface area contributed by atoms with Gasteiger partial charge in [0.2, 0.25) is 0 Å². The number of benzene rings is 2. The maximum absolute atomic E-state index is 12.2. The molecule has 0 aliphatic heterocycles. The van der Waals surface area contributed by atoms with Crippen LogP contribution in [0, 0.1) is 17.0 Å². The molecular weight excluding hydrogens is 362 g/mol. The first-order valence-corrected chi connectivity index (χ1v) is 7.84. The molecule has 1 heterocycles. The van der Waals surface area contributed by atoms with Crippen molar-refractivity contribution in [2.75, 3.05) is 0 Å². The summed E-state index contributed by atoms with van der Waals surface area (Å²) in [4.78, 5) is 41.4. The van der Waals surface area contributed by atoms with E-state index in [0.717, 1.165) is 11.6 Å². The molecule has 1 aromatic heterocycles. The van der Waals surface area contributed by atoms with Gasteiger partial charge in [-0.3, -0.25) is 14.9 Å². The number of aryl methyl sites for hydroxylation is 1. The molecule has 0 unspecified atom stereocenters. The number of fused-ring (bicyclic) bond motifs is 1. The van der Waals surface area contributed by atoms with Crippen LogP contribution in [0.25, 0.3) is 10.9 Å². The number of H-pyrrole nitrogens is 1. The van der Waals surface area contributed by atoms with Crippen molar-refractivity contribution >= 4 is 34.2 Å². The van der Waals surface area contributed by atoms with Crippen molar-refractivity contribution in [3.63, 3.8) is 0 Å². The Hall–Kier alpha value is -3.26. The molecule has 132 valence electrons. The SMILES string of the molecule is Cc1cccc2c(=O)[nH]c(COC(=O)c3ccc(Cl)cc3[N+](=O)[O-])nc12. The molecule has 0 amide bonds. The molecule has 3 rings (SSSR count). The van der Waals surface area contributed by atoms with E-state index in [9.17, 15) is 19.7 Å². The van der Waals surface area contributed by atoms with Crippen molar-refractivity contribution in [2.24, 2.45) is 0 Å². The molecule has 0 fully saturated rings. The minimum absolute atomic E-state index is 0.129. The van der Waals surface area contributed by atoms with Gasteiger partial charge in [-0.1, -0.05) is 23.7 Å². The number of nitrogens with zero attached hydrogens (tertiary/aromatic N) is 2. The molecule has 26 heavy (non-hydrogen) atoms. The third-order valence-electron chi connectivity index (χ3n) is 3.70. The molecule has 0 atom stereocenters. The molecule has 1 N–H and O–H groups in total. The van der Waals surface area contributed by atoms with Crippen molar-refractivity contribution in [2.45, 2.75) is 13.5 Å². The molecule has 2 aromatic carbocycles. The average molecular weight is 374 g/mol. The Morgan fingerprint density at radius 1 is 1.35 bits per heavy atom. The minimum Gasteiger partial charge on any atom is -0.454 e. The number of carbonyl (C=O) groups excluding carboxylic acids is 1. The number of para-hydroxylation sites is 1. The van der Waals surface area contributed by atoms with E-state index in [4.69, 9.17) is 16.3 Å². The quantitative estimate of drug-likeness (QED) is 0.426. The van der Waals surface area contributed by atoms with Gasteiger partial charge in [0.05, 0.1) is 15.8 Å². The van der Waals surface area contributed by atoms with Gasteiger partial charge >= 0.3 is 5.97 Å². The Balaban J connectivity index is 1.87. The second-order valence-electron chi connectivity index (χ2n) is 5.48. The summed E-state index contributed by atoms with van der Waals surface area (Å²) in [6.45, 7) is 1.47. The van der Waals surface area contributed by atoms with Crippen LogP contribution < -0.4 is 5.56 Å². The summed E-state index contributed by atoms with van der Waals surface area (Å²) in [5, 5.41) is 11.6. The van der Waals surface area contributed by atoms with Crippen molar-refractivity contribution in [3.8, 4) is 0 Å². The van der Waals surface area contributed by atoms with Crippen LogP contribution in [0.4, 0.5) is 5.69 Å². The van der Waals surface area contributed by atoms with Crippen LogP contribution in [-0.4, -0.2) is 20.9 Å². The van der Waals surface area contributed by atoms with E-state index in [1.807, 2.05) is 13.0 Å². The number of rotatable bonds is 4. The predicted octanol–water partition coefficient (Wildman–Crippen LogP) is 3.15. The van der Waals surface area contributed by atoms with E-state index in [1.54, 1.807) is 12.1 Å². The fraction of sp³-hybridized carbons (Fsp3) is 0.118. The highest BCUT2D eigenvalue weighted by molar-refractivity contribution is 6.31. The first-order valence-electron chi connectivity index (χ1n) is 7.46. The zero-order chi connectivity index (χ0) is 18.8. The van der Waals surface area contributed by atoms with Crippen molar-refractivity contribution < 1.29 is 14.5 Å². The lowest BCUT2D eigenvalue weighted by molar-refractivity contribution is -0.385. The Morgan fingerprint density at radius 2 is 2.12 bits per heavy atom. The van der Waals surface area contributed by atoms with Crippen LogP contribution in [0.2, 0.25) is 5.02 Å². The number of esters is 1. The van der Waals surface area contributed by atoms with Crippen LogP contribution in [0.15, 0.2) is 41.2 Å². The fourth-order valence-corrected chi connectivity index (χ4v) is 2.63. The summed E-state index contributed by atoms with van der Waals surface area (Å²) in [5.41, 5.74) is 0.244. The minimum atomic E-state index is -0.916. The normalized spacial score (nSPS) is 10.7. The number of nitro benzene ring substituents is 1. The number of hydrogen-bond donors (Lipinski definition) is 1. The second kappa shape index (κ2) is 6.93. The number of hydrogen-bond acceptors (Lipinski definition) is 6. The van der Waals surface area contributed by atoms with Gasteiger partial charge in [0, 0.05) is 11.1 Å². The first kappa shape index (κ1) is 17.6. The molecule has 0 bridgehead atoms. The molecule has 9 heteroatoms. The molecule has 0 saturated carbocycles. The van der Waals surface area contributed by atoms with Gasteiger partial charge in [-0.05, 0) is 30.7 Å². The number of nitrogens with one attached hydrogen (secondary N) is 1. The number of nitro groups is 1. The van der Waals surface area contributed by atoms with E-state index in [1.165, 1.54) is 12.1 Å². The number of halogens is 1. The molecule has 8 nitrogen and oxygen atoms in total. The monoisotopic (exact) mass is 373 g/mol. The van der Waals surface area contributed by atoms with E-state index in [0.29, 0.717) is 10.9 Å². The van der Waals surface area contributed by atoms with Gasteiger partial charge < -0.3 is 9.72 Å². The van der Waals surface area contributed by atoms with Crippen LogP contribution in [-0.2, 0) is 11.3 Å². The highest BCUT2D eigenvalue weighted by atomic mass is 35.5. The van der Waals surface area contributed by atoms with Gasteiger partial charge in [-0.25, -0.2) is 9.78 Å². The summed E-state index contributed by atoms with van der Waals surface area (Å²) in [7, 11) is 0. The summed E-state index contributed by atoms with van der Waals surface area (Å²) >= 11 is 5.72. The zero-order valence-electron chi connectivity index (χ0n) is 13.5. The maximum atomic E-state index is 12.2. The first-order chi connectivity index (χ1) is 12.4. The highest BCUT2D eigenvalue weighted by Crippen LogP contribution is 2.24. The molecular formula is C17H12ClN3O5. The maximum Gasteiger partial charge on any atom is 0.345 e. The Bertz CT molecular complexity index is 1090. The zero-order valence-corrected chi connectivity index (χ0v) is 14.2. The summed E-state index contributed by atoms with van der Waals surface area (Å²) in [5.74, 6) is -0.775. The van der Waals surface area contributed by atoms with Gasteiger partial charge in [0.15, 0.2) is 0 Å². The average Bonchev–Trinajstić information content (AvgIpc) is 2.60. The molecule has 0 spiro atoms. The Labute approximate surface area is 151 Å². The van der Waals surface area contributed by atoms with Crippen LogP contribution in [0.3, 0.4) is 0 Å². The van der Waals surface area contributed by atoms with Crippen LogP contribution >= 0.6 is 11.6 Å². The molecule has 0 radical (unpaired) electrons. The summed E-state index contributed by atoms with van der Waals surface area (Å²) < 4.78 is 5.07. The van der Waals surface area contributed by atoms with Gasteiger partial charge in [0.1, 0.15) is 18.0 Å². The molecule has 0 aliphatic carbocycles. The molecule has 0 saturated heterocycles. The lowest BCUT2D eigenvalue weighted by Crippen LogP contribution is -2.15. The fourth-order valence-electron chi connectivity index (χ4n) is 2.46. The second-order valence-corrected chi connectivity index (χ2v) is 5.91. The van der Waals surface area contributed by atoms with Crippen molar-refractivity contribution in [3.05, 3.63) is 78.8 Å². The van der Waals surface area contributed by atoms with E-state index >= 15 is 0 Å². The highest BCUT2D eigenvalue weighted by Gasteiger charge is 2.22. The van der Waals surface area contributed by atoms with Gasteiger partial charge in [0.25, 0.3) is 11.2 Å². The third kappa shape index (κ3) is 3.40. The number of carbonyl (C=O) groups is 1. The van der Waals surface area contributed by atoms with Gasteiger partial charge in [-0.2, -0.15) is 0 Å². The standard InChI is InChI=1S/C17H12ClN3O5/c1-9-3-2-4-12-15(9)19-14(20-16(12)22)8-26-17(23)11-6-5-10(18)7-13(11)21(24)25/h2-7H,8H2,1H3,(H,19,20,22). The largest absolute Gasteiger partial charge is 0.454 e. The Morgan fingerprint density at radius 3 is 2.85 bits per heavy atom. The lowest BCUT2D eigenvalue weighted by Gasteiger charge is -2.07. The molecule has 3 aromatic rings. The lowest BCUT2D eigenvalue weighted by atomic mass is 10.1. The number of ether oxygens (including phenoxy) is 1. The molecule has 0 aliphatic rings. The van der Waals surface area contributed by atoms with E-state index < -0.39 is 16.6 Å². The predicted molar refractivity (Wildman–Crippen MR) is 94.3 cm³/mol. The van der Waals surface area contributed by atoms with Crippen LogP contribution in [0.5, 0.6) is 0 Å². The number of aromatic nitrogens is 2. The smallest absolute Gasteiger partial charge is 0.345 e. The topological polar surface area (TPSA) is 115 Å². The third-order valence-corrected chi connectivity index (χ3v) is 3.94. The summed E-state index contributed by atoms with van der Waals surface area (Å²) in [6.07, 6.45) is 0. The van der Waals surface area contributed by atoms with Crippen molar-refractivity contribution in [1.29, 1.82) is 0 Å². The number of aromatic amines is 1. The van der Waals surface area contributed by atoms with E-state index in [2.05, 4.69) is 9.97 Å². The van der Waals surface area contributed by atoms with Crippen LogP contribution in [0.1, 0.15) is 21.7 Å².